The molecule has 1 aromatic carbocycles. The number of carbonyl (C=O) groups excluding carboxylic acids is 1. The maximum Gasteiger partial charge on any atom is 0.514 e. The SMILES string of the molecule is CCOCCOCCOC(=O)Oc1ccc2c3c1OC1(C)C4(OC)CCC5(CC4C(C)(O)C(C)(C)C)C(C2)N(CC2CC2)CCC351. The lowest BCUT2D eigenvalue weighted by molar-refractivity contribution is -0.345. The monoisotopic (exact) mass is 641 g/mol. The molecule has 46 heavy (non-hydrogen) atoms. The number of likely N-dealkylation sites (tertiary alicyclic amines) is 1. The van der Waals surface area contributed by atoms with Gasteiger partial charge in [-0.25, -0.2) is 4.79 Å². The van der Waals surface area contributed by atoms with E-state index in [1.807, 2.05) is 27.0 Å². The standard InChI is InChI=1S/C37H55NO8/c1-8-42-17-18-43-19-20-44-31(39)45-26-12-11-25-21-28-35-13-14-37(41-7,27(22-35)33(5,40)32(2,3)4)34(6)36(35,29(25)30(26)46-34)15-16-38(28)23-24-9-10-24/h11-12,24,27-28,40H,8-10,13-23H2,1-7H3. The van der Waals surface area contributed by atoms with Crippen molar-refractivity contribution < 1.29 is 38.3 Å². The van der Waals surface area contributed by atoms with Crippen molar-refractivity contribution in [2.75, 3.05) is 53.2 Å². The molecule has 7 aliphatic rings. The minimum Gasteiger partial charge on any atom is -0.479 e. The number of methoxy groups -OCH3 is 1. The van der Waals surface area contributed by atoms with Crippen LogP contribution in [0.25, 0.3) is 0 Å². The number of benzene rings is 1. The van der Waals surface area contributed by atoms with Crippen LogP contribution < -0.4 is 9.47 Å². The summed E-state index contributed by atoms with van der Waals surface area (Å²) in [6.07, 6.45) is 6.49. The van der Waals surface area contributed by atoms with Gasteiger partial charge in [-0.3, -0.25) is 4.90 Å². The highest BCUT2D eigenvalue weighted by Gasteiger charge is 2.87. The summed E-state index contributed by atoms with van der Waals surface area (Å²) in [6, 6.07) is 4.39. The molecule has 2 heterocycles. The summed E-state index contributed by atoms with van der Waals surface area (Å²) in [5.74, 6) is 1.70. The predicted molar refractivity (Wildman–Crippen MR) is 172 cm³/mol. The molecule has 2 aliphatic heterocycles. The molecule has 0 radical (unpaired) electrons. The molecule has 2 spiro atoms. The van der Waals surface area contributed by atoms with Crippen molar-refractivity contribution in [3.63, 3.8) is 0 Å². The molecule has 4 saturated carbocycles. The number of nitrogens with zero attached hydrogens (tertiary/aromatic N) is 1. The van der Waals surface area contributed by atoms with Crippen LogP contribution >= 0.6 is 0 Å². The zero-order valence-electron chi connectivity index (χ0n) is 29.0. The van der Waals surface area contributed by atoms with Gasteiger partial charge in [-0.15, -0.1) is 0 Å². The fraction of sp³-hybridized carbons (Fsp3) is 0.811. The second-order valence-corrected chi connectivity index (χ2v) is 16.3. The Balaban J connectivity index is 1.28. The zero-order chi connectivity index (χ0) is 32.8. The molecule has 1 N–H and O–H groups in total. The average Bonchev–Trinajstić information content (AvgIpc) is 3.77. The van der Waals surface area contributed by atoms with Crippen molar-refractivity contribution >= 4 is 6.16 Å². The molecular weight excluding hydrogens is 586 g/mol. The van der Waals surface area contributed by atoms with Crippen LogP contribution in [0.5, 0.6) is 11.5 Å². The van der Waals surface area contributed by atoms with Gasteiger partial charge >= 0.3 is 6.16 Å². The zero-order valence-corrected chi connectivity index (χ0v) is 29.0. The Hall–Kier alpha value is -1.91. The van der Waals surface area contributed by atoms with Gasteiger partial charge < -0.3 is 33.5 Å². The average molecular weight is 642 g/mol. The van der Waals surface area contributed by atoms with Crippen molar-refractivity contribution in [2.24, 2.45) is 22.7 Å². The largest absolute Gasteiger partial charge is 0.514 e. The van der Waals surface area contributed by atoms with E-state index in [9.17, 15) is 9.90 Å². The van der Waals surface area contributed by atoms with Gasteiger partial charge in [0, 0.05) is 43.2 Å². The molecule has 5 fully saturated rings. The summed E-state index contributed by atoms with van der Waals surface area (Å²) in [5.41, 5.74) is -0.838. The highest BCUT2D eigenvalue weighted by Crippen LogP contribution is 2.81. The van der Waals surface area contributed by atoms with Crippen LogP contribution in [-0.4, -0.2) is 92.2 Å². The third kappa shape index (κ3) is 4.26. The molecule has 7 atom stereocenters. The molecule has 1 aromatic rings. The van der Waals surface area contributed by atoms with Crippen LogP contribution in [0.15, 0.2) is 12.1 Å². The Morgan fingerprint density at radius 1 is 1.07 bits per heavy atom. The van der Waals surface area contributed by atoms with E-state index in [1.54, 1.807) is 0 Å². The second kappa shape index (κ2) is 11.1. The van der Waals surface area contributed by atoms with E-state index in [0.717, 1.165) is 51.1 Å². The molecule has 8 rings (SSSR count). The Bertz CT molecular complexity index is 1350. The third-order valence-electron chi connectivity index (χ3n) is 13.7. The summed E-state index contributed by atoms with van der Waals surface area (Å²) in [7, 11) is 1.81. The topological polar surface area (TPSA) is 95.9 Å². The number of carbonyl (C=O) groups is 1. The van der Waals surface area contributed by atoms with Crippen molar-refractivity contribution in [1.82, 2.24) is 4.90 Å². The van der Waals surface area contributed by atoms with E-state index in [2.05, 4.69) is 38.7 Å². The number of piperidine rings is 1. The minimum absolute atomic E-state index is 0.0890. The third-order valence-corrected chi connectivity index (χ3v) is 13.7. The highest BCUT2D eigenvalue weighted by molar-refractivity contribution is 5.70. The molecule has 9 heteroatoms. The minimum atomic E-state index is -1.01. The molecule has 5 aliphatic carbocycles. The van der Waals surface area contributed by atoms with Gasteiger partial charge in [0.25, 0.3) is 0 Å². The van der Waals surface area contributed by atoms with E-state index in [1.165, 1.54) is 24.0 Å². The summed E-state index contributed by atoms with van der Waals surface area (Å²) >= 11 is 0. The molecular formula is C37H55NO8. The lowest BCUT2D eigenvalue weighted by atomic mass is 9.30. The quantitative estimate of drug-likeness (QED) is 0.176. The van der Waals surface area contributed by atoms with Crippen LogP contribution in [0, 0.1) is 22.7 Å². The predicted octanol–water partition coefficient (Wildman–Crippen LogP) is 5.67. The number of aliphatic hydroxyl groups is 1. The van der Waals surface area contributed by atoms with Gasteiger partial charge in [-0.1, -0.05) is 26.8 Å². The Kier molecular flexibility index (Phi) is 7.84. The van der Waals surface area contributed by atoms with Crippen LogP contribution in [0.3, 0.4) is 0 Å². The summed E-state index contributed by atoms with van der Waals surface area (Å²) < 4.78 is 36.2. The van der Waals surface area contributed by atoms with E-state index < -0.39 is 23.0 Å². The number of hydrogen-bond donors (Lipinski definition) is 1. The smallest absolute Gasteiger partial charge is 0.479 e. The van der Waals surface area contributed by atoms with E-state index in [0.29, 0.717) is 37.4 Å². The molecule has 1 saturated heterocycles. The summed E-state index contributed by atoms with van der Waals surface area (Å²) in [4.78, 5) is 15.8. The van der Waals surface area contributed by atoms with Gasteiger partial charge in [0.05, 0.1) is 30.8 Å². The fourth-order valence-corrected chi connectivity index (χ4v) is 11.0. The van der Waals surface area contributed by atoms with Crippen molar-refractivity contribution in [3.8, 4) is 11.5 Å². The lowest BCUT2D eigenvalue weighted by Crippen LogP contribution is -2.87. The first-order valence-electron chi connectivity index (χ1n) is 17.7. The van der Waals surface area contributed by atoms with Crippen LogP contribution in [0.1, 0.15) is 91.2 Å². The van der Waals surface area contributed by atoms with Crippen LogP contribution in [0.2, 0.25) is 0 Å². The molecule has 256 valence electrons. The second-order valence-electron chi connectivity index (χ2n) is 16.3. The number of rotatable bonds is 12. The van der Waals surface area contributed by atoms with Crippen molar-refractivity contribution in [1.29, 1.82) is 0 Å². The van der Waals surface area contributed by atoms with Gasteiger partial charge in [0.15, 0.2) is 11.5 Å². The van der Waals surface area contributed by atoms with E-state index in [-0.39, 0.29) is 35.4 Å². The van der Waals surface area contributed by atoms with Gasteiger partial charge in [-0.05, 0) is 95.2 Å². The maximum absolute atomic E-state index is 13.0. The summed E-state index contributed by atoms with van der Waals surface area (Å²) in [6.45, 7) is 16.7. The molecule has 7 unspecified atom stereocenters. The van der Waals surface area contributed by atoms with Crippen LogP contribution in [-0.2, 0) is 30.8 Å². The van der Waals surface area contributed by atoms with Gasteiger partial charge in [-0.2, -0.15) is 0 Å². The van der Waals surface area contributed by atoms with Crippen LogP contribution in [0.4, 0.5) is 4.79 Å². The summed E-state index contributed by atoms with van der Waals surface area (Å²) in [5, 5.41) is 12.5. The Morgan fingerprint density at radius 2 is 1.80 bits per heavy atom. The van der Waals surface area contributed by atoms with Gasteiger partial charge in [0.1, 0.15) is 17.8 Å². The van der Waals surface area contributed by atoms with Crippen molar-refractivity contribution in [3.05, 3.63) is 23.3 Å². The molecule has 0 amide bonds. The Morgan fingerprint density at radius 3 is 2.50 bits per heavy atom. The first-order chi connectivity index (χ1) is 21.8. The maximum atomic E-state index is 13.0. The first-order valence-corrected chi connectivity index (χ1v) is 17.7. The number of ether oxygens (including phenoxy) is 6. The highest BCUT2D eigenvalue weighted by atomic mass is 16.7. The number of hydrogen-bond acceptors (Lipinski definition) is 9. The number of fused-ring (bicyclic) bond motifs is 2. The Labute approximate surface area is 274 Å². The normalized spacial score (nSPS) is 37.0. The first kappa shape index (κ1) is 32.6. The van der Waals surface area contributed by atoms with E-state index >= 15 is 0 Å². The fourth-order valence-electron chi connectivity index (χ4n) is 11.0. The lowest BCUT2D eigenvalue weighted by Gasteiger charge is -2.78. The molecule has 4 bridgehead atoms. The molecule has 0 aromatic heterocycles. The van der Waals surface area contributed by atoms with Crippen molar-refractivity contribution in [2.45, 2.75) is 115 Å². The van der Waals surface area contributed by atoms with Gasteiger partial charge in [0.2, 0.25) is 0 Å². The molecule has 9 nitrogen and oxygen atoms in total. The van der Waals surface area contributed by atoms with E-state index in [4.69, 9.17) is 28.4 Å².